The molecular formula is C14H21ClN2. The first-order chi connectivity index (χ1) is 7.99. The largest absolute Gasteiger partial charge is 0.399 e. The van der Waals surface area contributed by atoms with E-state index in [0.29, 0.717) is 12.0 Å². The fourth-order valence-corrected chi connectivity index (χ4v) is 3.09. The molecule has 1 aromatic carbocycles. The third-order valence-electron chi connectivity index (χ3n) is 3.88. The van der Waals surface area contributed by atoms with Gasteiger partial charge in [0.1, 0.15) is 0 Å². The highest BCUT2D eigenvalue weighted by molar-refractivity contribution is 6.33. The van der Waals surface area contributed by atoms with Crippen molar-refractivity contribution in [3.8, 4) is 0 Å². The van der Waals surface area contributed by atoms with Gasteiger partial charge in [-0.05, 0) is 43.4 Å². The van der Waals surface area contributed by atoms with Gasteiger partial charge in [-0.2, -0.15) is 0 Å². The second-order valence-corrected chi connectivity index (χ2v) is 5.83. The van der Waals surface area contributed by atoms with Gasteiger partial charge in [0.15, 0.2) is 0 Å². The number of nitrogens with zero attached hydrogens (tertiary/aromatic N) is 1. The molecule has 94 valence electrons. The van der Waals surface area contributed by atoms with Crippen LogP contribution in [0.25, 0.3) is 0 Å². The molecule has 3 unspecified atom stereocenters. The zero-order valence-corrected chi connectivity index (χ0v) is 11.5. The van der Waals surface area contributed by atoms with E-state index in [9.17, 15) is 0 Å². The molecule has 1 aliphatic rings. The molecule has 0 aliphatic carbocycles. The van der Waals surface area contributed by atoms with Crippen LogP contribution in [-0.2, 0) is 0 Å². The summed E-state index contributed by atoms with van der Waals surface area (Å²) in [6.07, 6.45) is 1.30. The number of hydrogen-bond donors (Lipinski definition) is 1. The van der Waals surface area contributed by atoms with Gasteiger partial charge in [0.25, 0.3) is 0 Å². The molecule has 3 heteroatoms. The minimum absolute atomic E-state index is 0.535. The summed E-state index contributed by atoms with van der Waals surface area (Å²) >= 11 is 6.30. The van der Waals surface area contributed by atoms with E-state index in [2.05, 4.69) is 25.7 Å². The van der Waals surface area contributed by atoms with E-state index >= 15 is 0 Å². The van der Waals surface area contributed by atoms with Crippen molar-refractivity contribution in [1.82, 2.24) is 0 Å². The molecule has 0 amide bonds. The van der Waals surface area contributed by atoms with Gasteiger partial charge in [-0.25, -0.2) is 0 Å². The summed E-state index contributed by atoms with van der Waals surface area (Å²) in [6.45, 7) is 7.98. The van der Waals surface area contributed by atoms with E-state index in [4.69, 9.17) is 17.3 Å². The van der Waals surface area contributed by atoms with Crippen LogP contribution in [0, 0.1) is 11.8 Å². The summed E-state index contributed by atoms with van der Waals surface area (Å²) in [6, 6.07) is 6.34. The number of rotatable bonds is 1. The molecule has 1 fully saturated rings. The van der Waals surface area contributed by atoms with Crippen molar-refractivity contribution in [2.24, 2.45) is 11.8 Å². The fraction of sp³-hybridized carbons (Fsp3) is 0.571. The molecule has 17 heavy (non-hydrogen) atoms. The Kier molecular flexibility index (Phi) is 3.53. The summed E-state index contributed by atoms with van der Waals surface area (Å²) in [5, 5.41) is 0.762. The molecule has 1 aromatic rings. The Bertz CT molecular complexity index is 405. The first-order valence-electron chi connectivity index (χ1n) is 6.30. The van der Waals surface area contributed by atoms with E-state index in [1.54, 1.807) is 0 Å². The summed E-state index contributed by atoms with van der Waals surface area (Å²) in [5.41, 5.74) is 7.59. The Morgan fingerprint density at radius 1 is 1.29 bits per heavy atom. The Morgan fingerprint density at radius 2 is 2.00 bits per heavy atom. The molecule has 0 bridgehead atoms. The fourth-order valence-electron chi connectivity index (χ4n) is 2.79. The van der Waals surface area contributed by atoms with Gasteiger partial charge in [-0.15, -0.1) is 0 Å². The summed E-state index contributed by atoms with van der Waals surface area (Å²) in [4.78, 5) is 2.42. The van der Waals surface area contributed by atoms with Gasteiger partial charge in [-0.3, -0.25) is 0 Å². The monoisotopic (exact) mass is 252 g/mol. The minimum Gasteiger partial charge on any atom is -0.399 e. The minimum atomic E-state index is 0.535. The van der Waals surface area contributed by atoms with Crippen molar-refractivity contribution in [3.05, 3.63) is 23.2 Å². The normalized spacial score (nSPS) is 29.4. The predicted molar refractivity (Wildman–Crippen MR) is 75.6 cm³/mol. The molecule has 1 heterocycles. The van der Waals surface area contributed by atoms with E-state index in [0.717, 1.165) is 28.9 Å². The van der Waals surface area contributed by atoms with Crippen molar-refractivity contribution in [2.75, 3.05) is 17.2 Å². The van der Waals surface area contributed by atoms with Crippen LogP contribution in [0.4, 0.5) is 11.4 Å². The zero-order chi connectivity index (χ0) is 12.6. The molecule has 0 radical (unpaired) electrons. The average Bonchev–Trinajstić information content (AvgIpc) is 2.24. The van der Waals surface area contributed by atoms with Gasteiger partial charge in [0.2, 0.25) is 0 Å². The van der Waals surface area contributed by atoms with E-state index < -0.39 is 0 Å². The first kappa shape index (κ1) is 12.6. The van der Waals surface area contributed by atoms with Crippen molar-refractivity contribution in [2.45, 2.75) is 33.2 Å². The van der Waals surface area contributed by atoms with Crippen LogP contribution in [0.2, 0.25) is 5.02 Å². The number of nitrogen functional groups attached to an aromatic ring is 1. The SMILES string of the molecule is CC1CC(C)C(C)N(c2ccc(N)cc2Cl)C1. The summed E-state index contributed by atoms with van der Waals surface area (Å²) in [5.74, 6) is 1.42. The topological polar surface area (TPSA) is 29.3 Å². The lowest BCUT2D eigenvalue weighted by Crippen LogP contribution is -2.46. The van der Waals surface area contributed by atoms with Crippen molar-refractivity contribution in [1.29, 1.82) is 0 Å². The van der Waals surface area contributed by atoms with Crippen LogP contribution >= 0.6 is 11.6 Å². The molecule has 1 aliphatic heterocycles. The number of halogens is 1. The molecule has 0 spiro atoms. The Morgan fingerprint density at radius 3 is 2.65 bits per heavy atom. The number of nitrogens with two attached hydrogens (primary N) is 1. The molecule has 3 atom stereocenters. The highest BCUT2D eigenvalue weighted by Gasteiger charge is 2.29. The van der Waals surface area contributed by atoms with Crippen LogP contribution in [0.15, 0.2) is 18.2 Å². The number of hydrogen-bond acceptors (Lipinski definition) is 2. The average molecular weight is 253 g/mol. The van der Waals surface area contributed by atoms with Gasteiger partial charge in [0.05, 0.1) is 10.7 Å². The summed E-state index contributed by atoms with van der Waals surface area (Å²) in [7, 11) is 0. The lowest BCUT2D eigenvalue weighted by atomic mass is 9.85. The smallest absolute Gasteiger partial charge is 0.0660 e. The Labute approximate surface area is 109 Å². The van der Waals surface area contributed by atoms with E-state index in [1.165, 1.54) is 6.42 Å². The lowest BCUT2D eigenvalue weighted by molar-refractivity contribution is 0.297. The third-order valence-corrected chi connectivity index (χ3v) is 4.18. The van der Waals surface area contributed by atoms with Crippen LogP contribution < -0.4 is 10.6 Å². The van der Waals surface area contributed by atoms with E-state index in [-0.39, 0.29) is 0 Å². The molecule has 0 aromatic heterocycles. The highest BCUT2D eigenvalue weighted by Crippen LogP contribution is 2.35. The Balaban J connectivity index is 2.31. The molecule has 2 nitrogen and oxygen atoms in total. The van der Waals surface area contributed by atoms with Crippen LogP contribution in [0.1, 0.15) is 27.2 Å². The standard InChI is InChI=1S/C14H21ClN2/c1-9-6-10(2)11(3)17(8-9)14-5-4-12(16)7-13(14)15/h4-5,7,9-11H,6,8,16H2,1-3H3. The predicted octanol–water partition coefficient (Wildman–Crippen LogP) is 3.79. The van der Waals surface area contributed by atoms with Gasteiger partial charge >= 0.3 is 0 Å². The molecule has 1 saturated heterocycles. The maximum atomic E-state index is 6.30. The Hall–Kier alpha value is -0.890. The molecule has 0 saturated carbocycles. The van der Waals surface area contributed by atoms with Crippen LogP contribution in [0.3, 0.4) is 0 Å². The highest BCUT2D eigenvalue weighted by atomic mass is 35.5. The third kappa shape index (κ3) is 2.52. The zero-order valence-electron chi connectivity index (χ0n) is 10.8. The number of anilines is 2. The molecular weight excluding hydrogens is 232 g/mol. The second kappa shape index (κ2) is 4.77. The maximum absolute atomic E-state index is 6.30. The lowest BCUT2D eigenvalue weighted by Gasteiger charge is -2.43. The van der Waals surface area contributed by atoms with E-state index in [1.807, 2.05) is 18.2 Å². The van der Waals surface area contributed by atoms with Crippen LogP contribution in [0.5, 0.6) is 0 Å². The quantitative estimate of drug-likeness (QED) is 0.771. The number of piperidine rings is 1. The van der Waals surface area contributed by atoms with Gasteiger partial charge < -0.3 is 10.6 Å². The van der Waals surface area contributed by atoms with Crippen molar-refractivity contribution < 1.29 is 0 Å². The van der Waals surface area contributed by atoms with Crippen LogP contribution in [-0.4, -0.2) is 12.6 Å². The molecule has 2 rings (SSSR count). The van der Waals surface area contributed by atoms with Crippen molar-refractivity contribution >= 4 is 23.0 Å². The van der Waals surface area contributed by atoms with Gasteiger partial charge in [-0.1, -0.05) is 25.4 Å². The number of benzene rings is 1. The maximum Gasteiger partial charge on any atom is 0.0660 e. The second-order valence-electron chi connectivity index (χ2n) is 5.42. The van der Waals surface area contributed by atoms with Gasteiger partial charge in [0, 0.05) is 18.3 Å². The molecule has 2 N–H and O–H groups in total. The first-order valence-corrected chi connectivity index (χ1v) is 6.68. The summed E-state index contributed by atoms with van der Waals surface area (Å²) < 4.78 is 0. The van der Waals surface area contributed by atoms with Crippen molar-refractivity contribution in [3.63, 3.8) is 0 Å².